The second kappa shape index (κ2) is 7.62. The van der Waals surface area contributed by atoms with Crippen molar-refractivity contribution in [1.82, 2.24) is 0 Å². The highest BCUT2D eigenvalue weighted by Crippen LogP contribution is 2.24. The van der Waals surface area contributed by atoms with Crippen LogP contribution in [0.1, 0.15) is 13.8 Å². The molecule has 1 aromatic heterocycles. The first-order valence-electron chi connectivity index (χ1n) is 8.08. The van der Waals surface area contributed by atoms with Gasteiger partial charge < -0.3 is 13.9 Å². The highest BCUT2D eigenvalue weighted by Gasteiger charge is 2.11. The Kier molecular flexibility index (Phi) is 5.28. The zero-order valence-corrected chi connectivity index (χ0v) is 15.1. The van der Waals surface area contributed by atoms with Crippen LogP contribution in [0.4, 0.5) is 0 Å². The van der Waals surface area contributed by atoms with Gasteiger partial charge >= 0.3 is 5.97 Å². The zero-order chi connectivity index (χ0) is 18.7. The molecule has 134 valence electrons. The van der Waals surface area contributed by atoms with Gasteiger partial charge in [-0.3, -0.25) is 4.79 Å². The summed E-state index contributed by atoms with van der Waals surface area (Å²) in [6.07, 6.45) is 1.21. The molecule has 0 unspecified atom stereocenters. The fraction of sp³-hybridized carbons (Fsp3) is 0.200. The van der Waals surface area contributed by atoms with E-state index in [1.807, 2.05) is 0 Å². The second-order valence-electron chi connectivity index (χ2n) is 5.97. The lowest BCUT2D eigenvalue weighted by Gasteiger charge is -2.09. The predicted octanol–water partition coefficient (Wildman–Crippen LogP) is 4.44. The number of rotatable bonds is 5. The molecule has 1 heterocycles. The molecule has 0 aliphatic heterocycles. The first kappa shape index (κ1) is 18.0. The van der Waals surface area contributed by atoms with Crippen molar-refractivity contribution in [2.24, 2.45) is 0 Å². The van der Waals surface area contributed by atoms with Crippen LogP contribution in [0.5, 0.6) is 5.75 Å². The van der Waals surface area contributed by atoms with E-state index in [9.17, 15) is 9.59 Å². The molecular weight excluding hydrogens is 356 g/mol. The van der Waals surface area contributed by atoms with Crippen molar-refractivity contribution < 1.29 is 18.7 Å². The van der Waals surface area contributed by atoms with Crippen LogP contribution in [0.3, 0.4) is 0 Å². The van der Waals surface area contributed by atoms with E-state index in [1.54, 1.807) is 56.3 Å². The van der Waals surface area contributed by atoms with Crippen molar-refractivity contribution in [3.8, 4) is 16.9 Å². The van der Waals surface area contributed by atoms with E-state index < -0.39 is 5.97 Å². The minimum atomic E-state index is -0.459. The molecule has 0 saturated heterocycles. The molecular formula is C20H17ClO5. The van der Waals surface area contributed by atoms with Gasteiger partial charge in [0.1, 0.15) is 17.6 Å². The average molecular weight is 373 g/mol. The summed E-state index contributed by atoms with van der Waals surface area (Å²) < 4.78 is 16.0. The first-order chi connectivity index (χ1) is 12.4. The van der Waals surface area contributed by atoms with E-state index in [0.29, 0.717) is 27.3 Å². The molecule has 0 atom stereocenters. The van der Waals surface area contributed by atoms with Crippen LogP contribution in [0, 0.1) is 0 Å². The Hall–Kier alpha value is -2.79. The van der Waals surface area contributed by atoms with E-state index in [-0.39, 0.29) is 18.1 Å². The molecule has 2 aromatic carbocycles. The maximum absolute atomic E-state index is 12.7. The second-order valence-corrected chi connectivity index (χ2v) is 6.41. The number of carbonyl (C=O) groups excluding carboxylic acids is 1. The van der Waals surface area contributed by atoms with E-state index >= 15 is 0 Å². The van der Waals surface area contributed by atoms with Gasteiger partial charge in [0.2, 0.25) is 0 Å². The molecule has 0 amide bonds. The molecule has 0 aliphatic carbocycles. The van der Waals surface area contributed by atoms with Gasteiger partial charge in [0.25, 0.3) is 0 Å². The van der Waals surface area contributed by atoms with Crippen LogP contribution in [-0.4, -0.2) is 18.7 Å². The van der Waals surface area contributed by atoms with Crippen LogP contribution in [0.25, 0.3) is 22.1 Å². The Morgan fingerprint density at radius 3 is 2.58 bits per heavy atom. The topological polar surface area (TPSA) is 65.7 Å². The third kappa shape index (κ3) is 4.06. The maximum atomic E-state index is 12.7. The number of halogens is 1. The fourth-order valence-corrected chi connectivity index (χ4v) is 2.59. The predicted molar refractivity (Wildman–Crippen MR) is 99.7 cm³/mol. The molecule has 6 heteroatoms. The van der Waals surface area contributed by atoms with E-state index in [1.165, 1.54) is 6.26 Å². The van der Waals surface area contributed by atoms with E-state index in [4.69, 9.17) is 25.5 Å². The number of ether oxygens (including phenoxy) is 2. The zero-order valence-electron chi connectivity index (χ0n) is 14.3. The van der Waals surface area contributed by atoms with Crippen LogP contribution >= 0.6 is 11.6 Å². The van der Waals surface area contributed by atoms with Gasteiger partial charge in [0, 0.05) is 11.1 Å². The lowest BCUT2D eigenvalue weighted by atomic mass is 10.1. The third-order valence-electron chi connectivity index (χ3n) is 3.63. The molecule has 3 aromatic rings. The van der Waals surface area contributed by atoms with Crippen molar-refractivity contribution in [2.75, 3.05) is 6.61 Å². The average Bonchev–Trinajstić information content (AvgIpc) is 2.61. The van der Waals surface area contributed by atoms with Gasteiger partial charge in [0.05, 0.1) is 17.1 Å². The number of hydrogen-bond donors (Lipinski definition) is 0. The Morgan fingerprint density at radius 1 is 1.15 bits per heavy atom. The molecule has 0 saturated carbocycles. The molecule has 0 aliphatic rings. The summed E-state index contributed by atoms with van der Waals surface area (Å²) >= 11 is 5.88. The number of carbonyl (C=O) groups is 1. The lowest BCUT2D eigenvalue weighted by molar-refractivity contribution is -0.149. The number of benzene rings is 2. The Bertz CT molecular complexity index is 989. The largest absolute Gasteiger partial charge is 0.482 e. The van der Waals surface area contributed by atoms with Gasteiger partial charge in [-0.1, -0.05) is 23.7 Å². The highest BCUT2D eigenvalue weighted by molar-refractivity contribution is 6.30. The monoisotopic (exact) mass is 372 g/mol. The Labute approximate surface area is 155 Å². The number of hydrogen-bond acceptors (Lipinski definition) is 5. The Morgan fingerprint density at radius 2 is 1.88 bits per heavy atom. The smallest absolute Gasteiger partial charge is 0.344 e. The Balaban J connectivity index is 1.85. The van der Waals surface area contributed by atoms with Crippen molar-refractivity contribution in [1.29, 1.82) is 0 Å². The summed E-state index contributed by atoms with van der Waals surface area (Å²) in [5, 5.41) is 1.02. The van der Waals surface area contributed by atoms with Crippen molar-refractivity contribution in [3.63, 3.8) is 0 Å². The first-order valence-corrected chi connectivity index (χ1v) is 8.45. The molecule has 0 N–H and O–H groups in total. The van der Waals surface area contributed by atoms with Crippen molar-refractivity contribution in [3.05, 3.63) is 64.0 Å². The van der Waals surface area contributed by atoms with Crippen LogP contribution in [-0.2, 0) is 9.53 Å². The molecule has 5 nitrogen and oxygen atoms in total. The SMILES string of the molecule is CC(C)OC(=O)COc1ccc2c(=O)c(-c3ccc(Cl)cc3)coc2c1. The van der Waals surface area contributed by atoms with Gasteiger partial charge in [-0.2, -0.15) is 0 Å². The minimum absolute atomic E-state index is 0.153. The van der Waals surface area contributed by atoms with E-state index in [2.05, 4.69) is 0 Å². The fourth-order valence-electron chi connectivity index (χ4n) is 2.47. The molecule has 3 rings (SSSR count). The quantitative estimate of drug-likeness (QED) is 0.619. The molecule has 0 radical (unpaired) electrons. The summed E-state index contributed by atoms with van der Waals surface area (Å²) in [5.41, 5.74) is 1.40. The summed E-state index contributed by atoms with van der Waals surface area (Å²) in [5.74, 6) is -0.0414. The molecule has 0 bridgehead atoms. The number of fused-ring (bicyclic) bond motifs is 1. The van der Waals surface area contributed by atoms with Crippen molar-refractivity contribution in [2.45, 2.75) is 20.0 Å². The van der Waals surface area contributed by atoms with Gasteiger partial charge in [-0.15, -0.1) is 0 Å². The molecule has 0 fully saturated rings. The summed E-state index contributed by atoms with van der Waals surface area (Å²) in [4.78, 5) is 24.2. The van der Waals surface area contributed by atoms with Crippen LogP contribution < -0.4 is 10.2 Å². The summed E-state index contributed by atoms with van der Waals surface area (Å²) in [6, 6.07) is 11.8. The maximum Gasteiger partial charge on any atom is 0.344 e. The standard InChI is InChI=1S/C20H17ClO5/c1-12(2)26-19(22)11-24-15-7-8-16-18(9-15)25-10-17(20(16)23)13-3-5-14(21)6-4-13/h3-10,12H,11H2,1-2H3. The highest BCUT2D eigenvalue weighted by atomic mass is 35.5. The third-order valence-corrected chi connectivity index (χ3v) is 3.88. The minimum Gasteiger partial charge on any atom is -0.482 e. The number of esters is 1. The lowest BCUT2D eigenvalue weighted by Crippen LogP contribution is -2.18. The normalized spacial score (nSPS) is 10.9. The van der Waals surface area contributed by atoms with Gasteiger partial charge in [-0.05, 0) is 43.7 Å². The summed E-state index contributed by atoms with van der Waals surface area (Å²) in [7, 11) is 0. The van der Waals surface area contributed by atoms with Crippen LogP contribution in [0.2, 0.25) is 5.02 Å². The summed E-state index contributed by atoms with van der Waals surface area (Å²) in [6.45, 7) is 3.32. The molecule has 0 spiro atoms. The van der Waals surface area contributed by atoms with Gasteiger partial charge in [-0.25, -0.2) is 4.79 Å². The van der Waals surface area contributed by atoms with E-state index in [0.717, 1.165) is 5.56 Å². The van der Waals surface area contributed by atoms with Crippen molar-refractivity contribution >= 4 is 28.5 Å². The molecule has 26 heavy (non-hydrogen) atoms. The van der Waals surface area contributed by atoms with Gasteiger partial charge in [0.15, 0.2) is 12.0 Å². The van der Waals surface area contributed by atoms with Crippen LogP contribution in [0.15, 0.2) is 57.9 Å².